The smallest absolute Gasteiger partial charge is 0.239 e. The second kappa shape index (κ2) is 6.99. The SMILES string of the molecule is CCN(Cc1ccccc1)C(=O)C(C)N1CCC2(C1)OCCO2. The maximum atomic E-state index is 12.9. The summed E-state index contributed by atoms with van der Waals surface area (Å²) in [6, 6.07) is 9.99. The summed E-state index contributed by atoms with van der Waals surface area (Å²) in [5.41, 5.74) is 1.16. The zero-order valence-corrected chi connectivity index (χ0v) is 14.0. The van der Waals surface area contributed by atoms with E-state index in [1.807, 2.05) is 36.9 Å². The van der Waals surface area contributed by atoms with Crippen molar-refractivity contribution >= 4 is 5.91 Å². The highest BCUT2D eigenvalue weighted by atomic mass is 16.7. The topological polar surface area (TPSA) is 42.0 Å². The van der Waals surface area contributed by atoms with Crippen LogP contribution < -0.4 is 0 Å². The maximum Gasteiger partial charge on any atom is 0.239 e. The maximum absolute atomic E-state index is 12.9. The van der Waals surface area contributed by atoms with Crippen LogP contribution in [-0.4, -0.2) is 60.4 Å². The zero-order valence-electron chi connectivity index (χ0n) is 14.0. The van der Waals surface area contributed by atoms with Crippen LogP contribution in [0.2, 0.25) is 0 Å². The van der Waals surface area contributed by atoms with Crippen molar-refractivity contribution in [3.8, 4) is 0 Å². The van der Waals surface area contributed by atoms with Crippen LogP contribution >= 0.6 is 0 Å². The highest BCUT2D eigenvalue weighted by Crippen LogP contribution is 2.31. The summed E-state index contributed by atoms with van der Waals surface area (Å²) in [6.45, 7) is 8.23. The molecule has 23 heavy (non-hydrogen) atoms. The van der Waals surface area contributed by atoms with Crippen LogP contribution in [0.25, 0.3) is 0 Å². The third-order valence-corrected chi connectivity index (χ3v) is 4.85. The zero-order chi connectivity index (χ0) is 16.3. The number of likely N-dealkylation sites (N-methyl/N-ethyl adjacent to an activating group) is 1. The third kappa shape index (κ3) is 3.57. The van der Waals surface area contributed by atoms with Crippen molar-refractivity contribution in [3.63, 3.8) is 0 Å². The van der Waals surface area contributed by atoms with Gasteiger partial charge in [-0.3, -0.25) is 9.69 Å². The van der Waals surface area contributed by atoms with Gasteiger partial charge in [-0.15, -0.1) is 0 Å². The Morgan fingerprint density at radius 2 is 2.00 bits per heavy atom. The normalized spacial score (nSPS) is 21.7. The Morgan fingerprint density at radius 1 is 1.30 bits per heavy atom. The van der Waals surface area contributed by atoms with Crippen molar-refractivity contribution in [2.75, 3.05) is 32.8 Å². The van der Waals surface area contributed by atoms with Gasteiger partial charge in [0.15, 0.2) is 5.79 Å². The number of carbonyl (C=O) groups excluding carboxylic acids is 1. The standard InChI is InChI=1S/C18H26N2O3/c1-3-19(13-16-7-5-4-6-8-16)17(21)15(2)20-10-9-18(14-20)22-11-12-23-18/h4-8,15H,3,9-14H2,1-2H3. The van der Waals surface area contributed by atoms with Crippen molar-refractivity contribution in [1.82, 2.24) is 9.80 Å². The van der Waals surface area contributed by atoms with Gasteiger partial charge in [-0.05, 0) is 19.4 Å². The van der Waals surface area contributed by atoms with Crippen molar-refractivity contribution in [1.29, 1.82) is 0 Å². The van der Waals surface area contributed by atoms with E-state index >= 15 is 0 Å². The molecule has 2 saturated heterocycles. The Morgan fingerprint density at radius 3 is 2.65 bits per heavy atom. The second-order valence-corrected chi connectivity index (χ2v) is 6.34. The fourth-order valence-corrected chi connectivity index (χ4v) is 3.41. The van der Waals surface area contributed by atoms with E-state index in [1.165, 1.54) is 0 Å². The van der Waals surface area contributed by atoms with Gasteiger partial charge in [-0.25, -0.2) is 0 Å². The minimum Gasteiger partial charge on any atom is -0.346 e. The largest absolute Gasteiger partial charge is 0.346 e. The number of amides is 1. The minimum atomic E-state index is -0.467. The molecule has 0 N–H and O–H groups in total. The van der Waals surface area contributed by atoms with E-state index in [0.717, 1.165) is 18.5 Å². The lowest BCUT2D eigenvalue weighted by Gasteiger charge is -2.30. The molecule has 2 aliphatic heterocycles. The monoisotopic (exact) mass is 318 g/mol. The molecular formula is C18H26N2O3. The van der Waals surface area contributed by atoms with Crippen LogP contribution in [0.4, 0.5) is 0 Å². The first-order valence-electron chi connectivity index (χ1n) is 8.48. The fourth-order valence-electron chi connectivity index (χ4n) is 3.41. The Hall–Kier alpha value is -1.43. The second-order valence-electron chi connectivity index (χ2n) is 6.34. The lowest BCUT2D eigenvalue weighted by Crippen LogP contribution is -2.47. The van der Waals surface area contributed by atoms with Crippen LogP contribution in [0.3, 0.4) is 0 Å². The molecule has 0 bridgehead atoms. The van der Waals surface area contributed by atoms with Crippen LogP contribution in [-0.2, 0) is 20.8 Å². The van der Waals surface area contributed by atoms with E-state index in [2.05, 4.69) is 17.0 Å². The molecule has 1 amide bonds. The highest BCUT2D eigenvalue weighted by molar-refractivity contribution is 5.81. The van der Waals surface area contributed by atoms with Gasteiger partial charge in [0.25, 0.3) is 0 Å². The predicted octanol–water partition coefficient (Wildman–Crippen LogP) is 1.87. The molecule has 1 atom stereocenters. The van der Waals surface area contributed by atoms with Gasteiger partial charge in [-0.1, -0.05) is 30.3 Å². The molecule has 2 heterocycles. The summed E-state index contributed by atoms with van der Waals surface area (Å²) >= 11 is 0. The fraction of sp³-hybridized carbons (Fsp3) is 0.611. The van der Waals surface area contributed by atoms with Crippen LogP contribution in [0.5, 0.6) is 0 Å². The molecule has 2 aliphatic rings. The van der Waals surface area contributed by atoms with Gasteiger partial charge in [0.1, 0.15) is 0 Å². The molecule has 3 rings (SSSR count). The molecule has 1 unspecified atom stereocenters. The summed E-state index contributed by atoms with van der Waals surface area (Å²) in [4.78, 5) is 17.0. The first kappa shape index (κ1) is 16.4. The first-order valence-corrected chi connectivity index (χ1v) is 8.48. The molecule has 0 radical (unpaired) electrons. The van der Waals surface area contributed by atoms with Crippen LogP contribution in [0.1, 0.15) is 25.8 Å². The Kier molecular flexibility index (Phi) is 4.99. The number of rotatable bonds is 5. The number of likely N-dealkylation sites (tertiary alicyclic amines) is 1. The van der Waals surface area contributed by atoms with Crippen molar-refractivity contribution in [2.45, 2.75) is 38.6 Å². The van der Waals surface area contributed by atoms with Crippen molar-refractivity contribution < 1.29 is 14.3 Å². The number of ether oxygens (including phenoxy) is 2. The summed E-state index contributed by atoms with van der Waals surface area (Å²) in [5.74, 6) is -0.295. The molecule has 0 saturated carbocycles. The van der Waals surface area contributed by atoms with Crippen molar-refractivity contribution in [3.05, 3.63) is 35.9 Å². The van der Waals surface area contributed by atoms with E-state index in [1.54, 1.807) is 0 Å². The summed E-state index contributed by atoms with van der Waals surface area (Å²) in [6.07, 6.45) is 0.843. The van der Waals surface area contributed by atoms with E-state index < -0.39 is 5.79 Å². The van der Waals surface area contributed by atoms with Crippen LogP contribution in [0, 0.1) is 0 Å². The molecule has 1 aromatic carbocycles. The molecule has 1 spiro atoms. The van der Waals surface area contributed by atoms with E-state index in [0.29, 0.717) is 32.8 Å². The van der Waals surface area contributed by atoms with Gasteiger partial charge in [0, 0.05) is 26.1 Å². The lowest BCUT2D eigenvalue weighted by molar-refractivity contribution is -0.150. The number of benzene rings is 1. The van der Waals surface area contributed by atoms with Crippen molar-refractivity contribution in [2.24, 2.45) is 0 Å². The van der Waals surface area contributed by atoms with E-state index in [9.17, 15) is 4.79 Å². The van der Waals surface area contributed by atoms with Gasteiger partial charge in [0.2, 0.25) is 5.91 Å². The Bertz CT molecular complexity index is 528. The molecule has 5 heteroatoms. The Labute approximate surface area is 138 Å². The van der Waals surface area contributed by atoms with Gasteiger partial charge >= 0.3 is 0 Å². The Balaban J connectivity index is 1.61. The molecule has 126 valence electrons. The van der Waals surface area contributed by atoms with E-state index in [-0.39, 0.29) is 11.9 Å². The molecule has 5 nitrogen and oxygen atoms in total. The van der Waals surface area contributed by atoms with Gasteiger partial charge in [-0.2, -0.15) is 0 Å². The minimum absolute atomic E-state index is 0.147. The highest BCUT2D eigenvalue weighted by Gasteiger charge is 2.45. The third-order valence-electron chi connectivity index (χ3n) is 4.85. The lowest BCUT2D eigenvalue weighted by atomic mass is 10.2. The predicted molar refractivity (Wildman–Crippen MR) is 87.8 cm³/mol. The molecule has 2 fully saturated rings. The molecule has 0 aliphatic carbocycles. The van der Waals surface area contributed by atoms with E-state index in [4.69, 9.17) is 9.47 Å². The summed E-state index contributed by atoms with van der Waals surface area (Å²) in [7, 11) is 0. The first-order chi connectivity index (χ1) is 11.1. The quantitative estimate of drug-likeness (QED) is 0.831. The average molecular weight is 318 g/mol. The summed E-state index contributed by atoms with van der Waals surface area (Å²) < 4.78 is 11.5. The van der Waals surface area contributed by atoms with Gasteiger partial charge in [0.05, 0.1) is 25.8 Å². The number of carbonyl (C=O) groups is 1. The number of hydrogen-bond acceptors (Lipinski definition) is 4. The summed E-state index contributed by atoms with van der Waals surface area (Å²) in [5, 5.41) is 0. The van der Waals surface area contributed by atoms with Gasteiger partial charge < -0.3 is 14.4 Å². The number of nitrogens with zero attached hydrogens (tertiary/aromatic N) is 2. The average Bonchev–Trinajstić information content (AvgIpc) is 3.22. The molecule has 1 aromatic rings. The molecular weight excluding hydrogens is 292 g/mol. The number of hydrogen-bond donors (Lipinski definition) is 0. The molecule has 0 aromatic heterocycles. The van der Waals surface area contributed by atoms with Crippen LogP contribution in [0.15, 0.2) is 30.3 Å².